The number of carbonyl (C=O) groups is 1. The molecule has 0 aromatic heterocycles. The van der Waals surface area contributed by atoms with Gasteiger partial charge >= 0.3 is 6.03 Å². The van der Waals surface area contributed by atoms with E-state index in [1.807, 2.05) is 6.08 Å². The summed E-state index contributed by atoms with van der Waals surface area (Å²) in [6.45, 7) is 0. The second-order valence-electron chi connectivity index (χ2n) is 4.77. The van der Waals surface area contributed by atoms with Crippen LogP contribution >= 0.6 is 11.6 Å². The third-order valence-electron chi connectivity index (χ3n) is 3.42. The van der Waals surface area contributed by atoms with Crippen LogP contribution in [-0.4, -0.2) is 29.2 Å². The molecule has 0 spiro atoms. The third-order valence-corrected chi connectivity index (χ3v) is 3.67. The lowest BCUT2D eigenvalue weighted by Crippen LogP contribution is -2.44. The van der Waals surface area contributed by atoms with Crippen LogP contribution in [0, 0.1) is 0 Å². The fourth-order valence-electron chi connectivity index (χ4n) is 2.27. The molecule has 0 fully saturated rings. The van der Waals surface area contributed by atoms with Crippen molar-refractivity contribution in [3.63, 3.8) is 0 Å². The number of urea groups is 1. The summed E-state index contributed by atoms with van der Waals surface area (Å²) >= 11 is 5.80. The first-order chi connectivity index (χ1) is 9.61. The molecule has 0 saturated carbocycles. The van der Waals surface area contributed by atoms with Gasteiger partial charge in [-0.25, -0.2) is 4.79 Å². The number of hydrogen-bond acceptors (Lipinski definition) is 3. The van der Waals surface area contributed by atoms with Gasteiger partial charge in [0, 0.05) is 17.8 Å². The van der Waals surface area contributed by atoms with E-state index in [1.54, 1.807) is 36.2 Å². The predicted molar refractivity (Wildman–Crippen MR) is 78.9 cm³/mol. The molecule has 0 saturated heterocycles. The molecule has 0 heterocycles. The maximum atomic E-state index is 12.2. The van der Waals surface area contributed by atoms with Crippen LogP contribution in [0.2, 0.25) is 5.02 Å². The summed E-state index contributed by atoms with van der Waals surface area (Å²) in [5.41, 5.74) is 3.54. The fourth-order valence-corrected chi connectivity index (χ4v) is 2.40. The van der Waals surface area contributed by atoms with E-state index < -0.39 is 0 Å². The number of hydroxylamine groups is 1. The van der Waals surface area contributed by atoms with E-state index in [1.165, 1.54) is 0 Å². The van der Waals surface area contributed by atoms with Crippen LogP contribution in [0.1, 0.15) is 19.3 Å². The molecule has 20 heavy (non-hydrogen) atoms. The summed E-state index contributed by atoms with van der Waals surface area (Å²) in [6, 6.07) is 6.57. The van der Waals surface area contributed by atoms with Gasteiger partial charge in [-0.1, -0.05) is 17.7 Å². The van der Waals surface area contributed by atoms with Gasteiger partial charge in [-0.15, -0.1) is 0 Å². The number of nitrogens with zero attached hydrogens (tertiary/aromatic N) is 1. The Hall–Kier alpha value is -1.72. The minimum atomic E-state index is -0.222. The Labute approximate surface area is 123 Å². The van der Waals surface area contributed by atoms with Crippen LogP contribution < -0.4 is 10.8 Å². The number of benzene rings is 1. The maximum Gasteiger partial charge on any atom is 0.322 e. The lowest BCUT2D eigenvalue weighted by atomic mass is 9.98. The highest BCUT2D eigenvalue weighted by Crippen LogP contribution is 2.21. The molecule has 1 atom stereocenters. The van der Waals surface area contributed by atoms with Crippen LogP contribution in [0.4, 0.5) is 10.5 Å². The van der Waals surface area contributed by atoms with E-state index in [-0.39, 0.29) is 12.1 Å². The van der Waals surface area contributed by atoms with E-state index in [0.717, 1.165) is 19.3 Å². The van der Waals surface area contributed by atoms with E-state index in [0.29, 0.717) is 16.4 Å². The molecule has 108 valence electrons. The zero-order valence-electron chi connectivity index (χ0n) is 11.3. The number of halogens is 1. The average molecular weight is 296 g/mol. The molecule has 3 N–H and O–H groups in total. The number of anilines is 1. The summed E-state index contributed by atoms with van der Waals surface area (Å²) in [5.74, 6) is 0. The summed E-state index contributed by atoms with van der Waals surface area (Å²) in [6.07, 6.45) is 4.64. The summed E-state index contributed by atoms with van der Waals surface area (Å²) in [7, 11) is 1.71. The number of amides is 2. The van der Waals surface area contributed by atoms with Crippen LogP contribution in [0.3, 0.4) is 0 Å². The Morgan fingerprint density at radius 1 is 1.40 bits per heavy atom. The smallest absolute Gasteiger partial charge is 0.319 e. The van der Waals surface area contributed by atoms with Gasteiger partial charge in [0.1, 0.15) is 0 Å². The van der Waals surface area contributed by atoms with E-state index in [2.05, 4.69) is 10.8 Å². The van der Waals surface area contributed by atoms with Gasteiger partial charge < -0.3 is 10.2 Å². The molecule has 2 rings (SSSR count). The van der Waals surface area contributed by atoms with Gasteiger partial charge in [0.15, 0.2) is 0 Å². The number of nitrogens with one attached hydrogen (secondary N) is 2. The molecule has 2 amide bonds. The lowest BCUT2D eigenvalue weighted by Gasteiger charge is -2.32. The van der Waals surface area contributed by atoms with Gasteiger partial charge in [0.25, 0.3) is 0 Å². The van der Waals surface area contributed by atoms with Crippen LogP contribution in [0.25, 0.3) is 0 Å². The second kappa shape index (κ2) is 6.63. The molecule has 1 aromatic rings. The Kier molecular flexibility index (Phi) is 4.87. The molecule has 0 bridgehead atoms. The van der Waals surface area contributed by atoms with Crippen molar-refractivity contribution in [2.45, 2.75) is 25.3 Å². The SMILES string of the molecule is CN(C(=O)Nc1ccc(Cl)cc1)[C@H]1CCCC=C1NO. The standard InChI is InChI=1S/C14H18ClN3O2/c1-18(13-5-3-2-4-12(13)17-20)14(19)16-11-8-6-10(15)7-9-11/h4,6-9,13,17,20H,2-3,5H2,1H3,(H,16,19)/t13-/m0/s1. The Morgan fingerprint density at radius 3 is 2.75 bits per heavy atom. The molecule has 0 unspecified atom stereocenters. The highest BCUT2D eigenvalue weighted by Gasteiger charge is 2.25. The van der Waals surface area contributed by atoms with Crippen LogP contribution in [-0.2, 0) is 0 Å². The summed E-state index contributed by atoms with van der Waals surface area (Å²) in [5, 5.41) is 12.5. The zero-order chi connectivity index (χ0) is 14.5. The Balaban J connectivity index is 2.03. The molecular formula is C14H18ClN3O2. The molecule has 1 aliphatic carbocycles. The largest absolute Gasteiger partial charge is 0.322 e. The van der Waals surface area contributed by atoms with Gasteiger partial charge in [0.05, 0.1) is 11.7 Å². The molecule has 0 radical (unpaired) electrons. The van der Waals surface area contributed by atoms with Crippen molar-refractivity contribution in [1.29, 1.82) is 0 Å². The summed E-state index contributed by atoms with van der Waals surface area (Å²) < 4.78 is 0. The van der Waals surface area contributed by atoms with Crippen LogP contribution in [0.15, 0.2) is 36.0 Å². The minimum Gasteiger partial charge on any atom is -0.319 e. The van der Waals surface area contributed by atoms with E-state index >= 15 is 0 Å². The topological polar surface area (TPSA) is 64.6 Å². The first kappa shape index (κ1) is 14.7. The van der Waals surface area contributed by atoms with Gasteiger partial charge in [-0.05, 0) is 43.5 Å². The Morgan fingerprint density at radius 2 is 2.10 bits per heavy atom. The molecule has 5 nitrogen and oxygen atoms in total. The first-order valence-electron chi connectivity index (χ1n) is 6.51. The normalized spacial score (nSPS) is 18.1. The highest BCUT2D eigenvalue weighted by atomic mass is 35.5. The second-order valence-corrected chi connectivity index (χ2v) is 5.20. The van der Waals surface area contributed by atoms with Crippen molar-refractivity contribution in [3.8, 4) is 0 Å². The number of likely N-dealkylation sites (N-methyl/N-ethyl adjacent to an activating group) is 1. The average Bonchev–Trinajstić information content (AvgIpc) is 2.48. The highest BCUT2D eigenvalue weighted by molar-refractivity contribution is 6.30. The molecular weight excluding hydrogens is 278 g/mol. The quantitative estimate of drug-likeness (QED) is 0.750. The number of carbonyl (C=O) groups excluding carboxylic acids is 1. The van der Waals surface area contributed by atoms with Crippen molar-refractivity contribution in [3.05, 3.63) is 41.1 Å². The zero-order valence-corrected chi connectivity index (χ0v) is 12.0. The third kappa shape index (κ3) is 3.43. The molecule has 1 aliphatic rings. The minimum absolute atomic E-state index is 0.138. The first-order valence-corrected chi connectivity index (χ1v) is 6.89. The molecule has 6 heteroatoms. The van der Waals surface area contributed by atoms with Crippen molar-refractivity contribution in [1.82, 2.24) is 10.4 Å². The predicted octanol–water partition coefficient (Wildman–Crippen LogP) is 3.22. The maximum absolute atomic E-state index is 12.2. The van der Waals surface area contributed by atoms with Gasteiger partial charge in [-0.3, -0.25) is 10.7 Å². The Bertz CT molecular complexity index is 502. The van der Waals surface area contributed by atoms with Crippen molar-refractivity contribution >= 4 is 23.3 Å². The summed E-state index contributed by atoms with van der Waals surface area (Å²) in [4.78, 5) is 13.8. The monoisotopic (exact) mass is 295 g/mol. The molecule has 0 aliphatic heterocycles. The van der Waals surface area contributed by atoms with Crippen molar-refractivity contribution < 1.29 is 10.0 Å². The van der Waals surface area contributed by atoms with E-state index in [4.69, 9.17) is 16.8 Å². The molecule has 1 aromatic carbocycles. The van der Waals surface area contributed by atoms with Gasteiger partial charge in [-0.2, -0.15) is 0 Å². The fraction of sp³-hybridized carbons (Fsp3) is 0.357. The number of rotatable bonds is 3. The number of hydrogen-bond donors (Lipinski definition) is 3. The van der Waals surface area contributed by atoms with Crippen molar-refractivity contribution in [2.24, 2.45) is 0 Å². The number of allylic oxidation sites excluding steroid dienone is 1. The van der Waals surface area contributed by atoms with Gasteiger partial charge in [0.2, 0.25) is 0 Å². The van der Waals surface area contributed by atoms with Crippen molar-refractivity contribution in [2.75, 3.05) is 12.4 Å². The lowest BCUT2D eigenvalue weighted by molar-refractivity contribution is 0.158. The van der Waals surface area contributed by atoms with E-state index in [9.17, 15) is 4.79 Å². The van der Waals surface area contributed by atoms with Crippen LogP contribution in [0.5, 0.6) is 0 Å².